The average molecular weight is 212 g/mol. The summed E-state index contributed by atoms with van der Waals surface area (Å²) in [5.74, 6) is 0. The summed E-state index contributed by atoms with van der Waals surface area (Å²) in [6.45, 7) is 11.1. The summed E-state index contributed by atoms with van der Waals surface area (Å²) < 4.78 is 5.13. The molecule has 0 unspecified atom stereocenters. The third-order valence-electron chi connectivity index (χ3n) is 2.70. The van der Waals surface area contributed by atoms with Gasteiger partial charge in [0.2, 0.25) is 0 Å². The maximum Gasteiger partial charge on any atom is 0.0589 e. The van der Waals surface area contributed by atoms with Gasteiger partial charge in [-0.3, -0.25) is 4.90 Å². The van der Waals surface area contributed by atoms with Gasteiger partial charge in [0.25, 0.3) is 0 Å². The Morgan fingerprint density at radius 2 is 2.27 bits per heavy atom. The van der Waals surface area contributed by atoms with Crippen LogP contribution in [0.2, 0.25) is 0 Å². The third-order valence-corrected chi connectivity index (χ3v) is 2.70. The fraction of sp³-hybridized carbons (Fsp3) is 0.833. The van der Waals surface area contributed by atoms with Crippen LogP contribution < -0.4 is 5.32 Å². The Balaban J connectivity index is 2.20. The first-order valence-electron chi connectivity index (χ1n) is 5.88. The fourth-order valence-electron chi connectivity index (χ4n) is 1.68. The van der Waals surface area contributed by atoms with Gasteiger partial charge in [-0.2, -0.15) is 0 Å². The van der Waals surface area contributed by atoms with Crippen LogP contribution in [0.15, 0.2) is 12.2 Å². The highest BCUT2D eigenvalue weighted by Crippen LogP contribution is 2.26. The molecule has 3 nitrogen and oxygen atoms in total. The van der Waals surface area contributed by atoms with E-state index in [1.807, 2.05) is 0 Å². The second-order valence-corrected chi connectivity index (χ2v) is 4.22. The van der Waals surface area contributed by atoms with E-state index in [9.17, 15) is 0 Å². The van der Waals surface area contributed by atoms with Crippen molar-refractivity contribution in [1.29, 1.82) is 0 Å². The monoisotopic (exact) mass is 212 g/mol. The standard InChI is InChI=1S/C12H24N2O/c1-4-13-9-11(2)10-14(7-8-15-3)12-5-6-12/h12-13H,2,4-10H2,1,3H3. The van der Waals surface area contributed by atoms with Gasteiger partial charge in [0.1, 0.15) is 0 Å². The van der Waals surface area contributed by atoms with E-state index in [2.05, 4.69) is 23.7 Å². The van der Waals surface area contributed by atoms with E-state index < -0.39 is 0 Å². The molecular formula is C12H24N2O. The SMILES string of the molecule is C=C(CNCC)CN(CCOC)C1CC1. The van der Waals surface area contributed by atoms with E-state index >= 15 is 0 Å². The number of methoxy groups -OCH3 is 1. The number of ether oxygens (including phenoxy) is 1. The number of likely N-dealkylation sites (N-methyl/N-ethyl adjacent to an activating group) is 1. The second kappa shape index (κ2) is 6.99. The van der Waals surface area contributed by atoms with E-state index in [1.54, 1.807) is 7.11 Å². The molecule has 1 saturated carbocycles. The largest absolute Gasteiger partial charge is 0.383 e. The summed E-state index contributed by atoms with van der Waals surface area (Å²) in [7, 11) is 1.76. The molecule has 0 aromatic carbocycles. The molecule has 0 aromatic rings. The predicted molar refractivity (Wildman–Crippen MR) is 64.2 cm³/mol. The highest BCUT2D eigenvalue weighted by atomic mass is 16.5. The van der Waals surface area contributed by atoms with Crippen molar-refractivity contribution in [1.82, 2.24) is 10.2 Å². The lowest BCUT2D eigenvalue weighted by Gasteiger charge is -2.22. The number of rotatable bonds is 9. The van der Waals surface area contributed by atoms with Gasteiger partial charge in [-0.1, -0.05) is 13.5 Å². The zero-order valence-electron chi connectivity index (χ0n) is 10.1. The van der Waals surface area contributed by atoms with Crippen LogP contribution >= 0.6 is 0 Å². The second-order valence-electron chi connectivity index (χ2n) is 4.22. The molecule has 1 N–H and O–H groups in total. The minimum Gasteiger partial charge on any atom is -0.383 e. The lowest BCUT2D eigenvalue weighted by Crippen LogP contribution is -2.33. The highest BCUT2D eigenvalue weighted by Gasteiger charge is 2.28. The third kappa shape index (κ3) is 5.30. The Kier molecular flexibility index (Phi) is 5.91. The summed E-state index contributed by atoms with van der Waals surface area (Å²) in [6.07, 6.45) is 2.69. The zero-order valence-corrected chi connectivity index (χ0v) is 10.1. The molecule has 0 amide bonds. The molecule has 1 aliphatic carbocycles. The van der Waals surface area contributed by atoms with Crippen molar-refractivity contribution in [3.8, 4) is 0 Å². The Morgan fingerprint density at radius 3 is 2.80 bits per heavy atom. The maximum atomic E-state index is 5.13. The molecule has 1 rings (SSSR count). The molecule has 0 radical (unpaired) electrons. The van der Waals surface area contributed by atoms with E-state index in [4.69, 9.17) is 4.74 Å². The average Bonchev–Trinajstić information content (AvgIpc) is 3.04. The smallest absolute Gasteiger partial charge is 0.0589 e. The van der Waals surface area contributed by atoms with Crippen molar-refractivity contribution in [2.45, 2.75) is 25.8 Å². The van der Waals surface area contributed by atoms with Crippen molar-refractivity contribution >= 4 is 0 Å². The zero-order chi connectivity index (χ0) is 11.1. The van der Waals surface area contributed by atoms with Crippen molar-refractivity contribution in [2.75, 3.05) is 39.9 Å². The summed E-state index contributed by atoms with van der Waals surface area (Å²) >= 11 is 0. The topological polar surface area (TPSA) is 24.5 Å². The van der Waals surface area contributed by atoms with Crippen LogP contribution in [-0.4, -0.2) is 50.8 Å². The lowest BCUT2D eigenvalue weighted by atomic mass is 10.2. The number of nitrogens with zero attached hydrogens (tertiary/aromatic N) is 1. The normalized spacial score (nSPS) is 15.9. The summed E-state index contributed by atoms with van der Waals surface area (Å²) in [4.78, 5) is 2.49. The van der Waals surface area contributed by atoms with Gasteiger partial charge in [0.15, 0.2) is 0 Å². The molecule has 15 heavy (non-hydrogen) atoms. The number of nitrogens with one attached hydrogen (secondary N) is 1. The Bertz CT molecular complexity index is 190. The van der Waals surface area contributed by atoms with Crippen molar-refractivity contribution in [2.24, 2.45) is 0 Å². The maximum absolute atomic E-state index is 5.13. The van der Waals surface area contributed by atoms with Gasteiger partial charge in [-0.25, -0.2) is 0 Å². The fourth-order valence-corrected chi connectivity index (χ4v) is 1.68. The van der Waals surface area contributed by atoms with E-state index in [0.29, 0.717) is 0 Å². The minimum absolute atomic E-state index is 0.790. The van der Waals surface area contributed by atoms with Gasteiger partial charge < -0.3 is 10.1 Å². The first-order valence-corrected chi connectivity index (χ1v) is 5.88. The highest BCUT2D eigenvalue weighted by molar-refractivity contribution is 5.02. The summed E-state index contributed by atoms with van der Waals surface area (Å²) in [6, 6.07) is 0.790. The molecule has 1 fully saturated rings. The molecule has 0 aromatic heterocycles. The van der Waals surface area contributed by atoms with Gasteiger partial charge in [-0.15, -0.1) is 0 Å². The van der Waals surface area contributed by atoms with Crippen LogP contribution in [-0.2, 0) is 4.74 Å². The minimum atomic E-state index is 0.790. The first kappa shape index (κ1) is 12.7. The number of hydrogen-bond acceptors (Lipinski definition) is 3. The lowest BCUT2D eigenvalue weighted by molar-refractivity contribution is 0.149. The molecule has 0 heterocycles. The van der Waals surface area contributed by atoms with Gasteiger partial charge in [-0.05, 0) is 25.0 Å². The van der Waals surface area contributed by atoms with E-state index in [1.165, 1.54) is 18.4 Å². The van der Waals surface area contributed by atoms with Crippen LogP contribution in [0.25, 0.3) is 0 Å². The first-order chi connectivity index (χ1) is 7.27. The molecule has 0 aliphatic heterocycles. The van der Waals surface area contributed by atoms with Crippen molar-refractivity contribution < 1.29 is 4.74 Å². The Hall–Kier alpha value is -0.380. The van der Waals surface area contributed by atoms with Gasteiger partial charge >= 0.3 is 0 Å². The van der Waals surface area contributed by atoms with Crippen LogP contribution in [0.4, 0.5) is 0 Å². The van der Waals surface area contributed by atoms with Crippen LogP contribution in [0.5, 0.6) is 0 Å². The molecule has 88 valence electrons. The van der Waals surface area contributed by atoms with Crippen molar-refractivity contribution in [3.63, 3.8) is 0 Å². The number of hydrogen-bond donors (Lipinski definition) is 1. The van der Waals surface area contributed by atoms with Crippen molar-refractivity contribution in [3.05, 3.63) is 12.2 Å². The van der Waals surface area contributed by atoms with Crippen LogP contribution in [0, 0.1) is 0 Å². The van der Waals surface area contributed by atoms with E-state index in [0.717, 1.165) is 38.8 Å². The molecule has 0 saturated heterocycles. The Labute approximate surface area is 93.5 Å². The van der Waals surface area contributed by atoms with Gasteiger partial charge in [0, 0.05) is 32.8 Å². The molecule has 3 heteroatoms. The van der Waals surface area contributed by atoms with Gasteiger partial charge in [0.05, 0.1) is 6.61 Å². The molecular weight excluding hydrogens is 188 g/mol. The summed E-state index contributed by atoms with van der Waals surface area (Å²) in [5.41, 5.74) is 1.28. The molecule has 0 atom stereocenters. The summed E-state index contributed by atoms with van der Waals surface area (Å²) in [5, 5.41) is 3.31. The van der Waals surface area contributed by atoms with E-state index in [-0.39, 0.29) is 0 Å². The molecule has 0 spiro atoms. The van der Waals surface area contributed by atoms with Crippen LogP contribution in [0.1, 0.15) is 19.8 Å². The molecule has 0 bridgehead atoms. The Morgan fingerprint density at radius 1 is 1.53 bits per heavy atom. The quantitative estimate of drug-likeness (QED) is 0.582. The predicted octanol–water partition coefficient (Wildman–Crippen LogP) is 1.26. The van der Waals surface area contributed by atoms with Crippen LogP contribution in [0.3, 0.4) is 0 Å². The molecule has 1 aliphatic rings.